The Morgan fingerprint density at radius 3 is 2.85 bits per heavy atom. The van der Waals surface area contributed by atoms with Gasteiger partial charge < -0.3 is 10.2 Å². The summed E-state index contributed by atoms with van der Waals surface area (Å²) in [5, 5.41) is 16.4. The van der Waals surface area contributed by atoms with E-state index in [1.165, 1.54) is 51.7 Å². The Balaban J connectivity index is 1.32. The third kappa shape index (κ3) is 4.43. The predicted molar refractivity (Wildman–Crippen MR) is 79.9 cm³/mol. The SMILES string of the molecule is C1CCN(CCCSc2nnnn2CCNC2CC2)C1. The van der Waals surface area contributed by atoms with Gasteiger partial charge >= 0.3 is 0 Å². The fourth-order valence-corrected chi connectivity index (χ4v) is 3.39. The standard InChI is InChI=1S/C13H24N6S/c1-2-8-18(7-1)9-3-11-20-13-15-16-17-19(13)10-6-14-12-4-5-12/h12,14H,1-11H2. The van der Waals surface area contributed by atoms with Gasteiger partial charge in [0.25, 0.3) is 0 Å². The van der Waals surface area contributed by atoms with E-state index in [9.17, 15) is 0 Å². The minimum Gasteiger partial charge on any atom is -0.312 e. The molecule has 2 aliphatic rings. The molecule has 112 valence electrons. The van der Waals surface area contributed by atoms with E-state index in [4.69, 9.17) is 0 Å². The molecule has 1 aromatic heterocycles. The second-order valence-corrected chi connectivity index (χ2v) is 6.73. The second kappa shape index (κ2) is 7.38. The van der Waals surface area contributed by atoms with Crippen molar-refractivity contribution < 1.29 is 0 Å². The summed E-state index contributed by atoms with van der Waals surface area (Å²) in [5.41, 5.74) is 0. The van der Waals surface area contributed by atoms with Crippen LogP contribution in [0, 0.1) is 0 Å². The van der Waals surface area contributed by atoms with Gasteiger partial charge in [-0.3, -0.25) is 0 Å². The molecule has 7 heteroatoms. The predicted octanol–water partition coefficient (Wildman–Crippen LogP) is 1.00. The summed E-state index contributed by atoms with van der Waals surface area (Å²) in [6, 6.07) is 0.753. The van der Waals surface area contributed by atoms with Gasteiger partial charge in [0, 0.05) is 18.3 Å². The molecule has 0 aromatic carbocycles. The van der Waals surface area contributed by atoms with Gasteiger partial charge in [-0.15, -0.1) is 5.10 Å². The van der Waals surface area contributed by atoms with Crippen molar-refractivity contribution in [3.63, 3.8) is 0 Å². The number of hydrogen-bond donors (Lipinski definition) is 1. The molecule has 0 atom stereocenters. The van der Waals surface area contributed by atoms with Crippen LogP contribution in [0.25, 0.3) is 0 Å². The highest BCUT2D eigenvalue weighted by Crippen LogP contribution is 2.19. The van der Waals surface area contributed by atoms with Crippen LogP contribution in [-0.2, 0) is 6.54 Å². The molecule has 0 radical (unpaired) electrons. The van der Waals surface area contributed by atoms with Crippen LogP contribution in [0.5, 0.6) is 0 Å². The average molecular weight is 296 g/mol. The number of nitrogens with zero attached hydrogens (tertiary/aromatic N) is 5. The average Bonchev–Trinajstić information content (AvgIpc) is 2.96. The van der Waals surface area contributed by atoms with Gasteiger partial charge in [-0.25, -0.2) is 4.68 Å². The maximum atomic E-state index is 4.12. The van der Waals surface area contributed by atoms with Crippen molar-refractivity contribution in [1.82, 2.24) is 30.4 Å². The molecule has 1 saturated carbocycles. The Morgan fingerprint density at radius 1 is 1.20 bits per heavy atom. The van der Waals surface area contributed by atoms with Crippen LogP contribution >= 0.6 is 11.8 Å². The van der Waals surface area contributed by atoms with Crippen LogP contribution in [0.2, 0.25) is 0 Å². The molecule has 1 saturated heterocycles. The maximum Gasteiger partial charge on any atom is 0.209 e. The zero-order valence-electron chi connectivity index (χ0n) is 12.0. The number of thioether (sulfide) groups is 1. The van der Waals surface area contributed by atoms with Crippen molar-refractivity contribution in [2.24, 2.45) is 0 Å². The highest BCUT2D eigenvalue weighted by molar-refractivity contribution is 7.99. The Kier molecular flexibility index (Phi) is 5.27. The molecule has 20 heavy (non-hydrogen) atoms. The number of tetrazole rings is 1. The first-order valence-electron chi connectivity index (χ1n) is 7.76. The lowest BCUT2D eigenvalue weighted by molar-refractivity contribution is 0.341. The second-order valence-electron chi connectivity index (χ2n) is 5.66. The topological polar surface area (TPSA) is 58.9 Å². The first kappa shape index (κ1) is 14.3. The van der Waals surface area contributed by atoms with Gasteiger partial charge in [0.2, 0.25) is 5.16 Å². The largest absolute Gasteiger partial charge is 0.312 e. The summed E-state index contributed by atoms with van der Waals surface area (Å²) < 4.78 is 1.93. The number of likely N-dealkylation sites (tertiary alicyclic amines) is 1. The van der Waals surface area contributed by atoms with E-state index >= 15 is 0 Å². The van der Waals surface area contributed by atoms with Crippen molar-refractivity contribution in [2.45, 2.75) is 49.8 Å². The van der Waals surface area contributed by atoms with E-state index in [2.05, 4.69) is 25.7 Å². The lowest BCUT2D eigenvalue weighted by atomic mass is 10.4. The first-order valence-corrected chi connectivity index (χ1v) is 8.75. The summed E-state index contributed by atoms with van der Waals surface area (Å²) in [7, 11) is 0. The Labute approximate surface area is 124 Å². The minimum atomic E-state index is 0.753. The molecule has 0 amide bonds. The van der Waals surface area contributed by atoms with E-state index in [-0.39, 0.29) is 0 Å². The fraction of sp³-hybridized carbons (Fsp3) is 0.923. The maximum absolute atomic E-state index is 4.12. The van der Waals surface area contributed by atoms with Crippen LogP contribution in [0.3, 0.4) is 0 Å². The van der Waals surface area contributed by atoms with Crippen molar-refractivity contribution >= 4 is 11.8 Å². The van der Waals surface area contributed by atoms with Crippen LogP contribution in [0.4, 0.5) is 0 Å². The number of rotatable bonds is 9. The van der Waals surface area contributed by atoms with E-state index in [0.717, 1.165) is 30.0 Å². The molecular formula is C13H24N6S. The molecule has 1 aliphatic heterocycles. The molecule has 3 rings (SSSR count). The quantitative estimate of drug-likeness (QED) is 0.542. The van der Waals surface area contributed by atoms with Gasteiger partial charge in [-0.2, -0.15) is 0 Å². The molecule has 2 fully saturated rings. The number of hydrogen-bond acceptors (Lipinski definition) is 6. The molecule has 1 aliphatic carbocycles. The number of aromatic nitrogens is 4. The van der Waals surface area contributed by atoms with Gasteiger partial charge in [0.05, 0.1) is 6.54 Å². The lowest BCUT2D eigenvalue weighted by Crippen LogP contribution is -2.23. The van der Waals surface area contributed by atoms with Crippen molar-refractivity contribution in [3.8, 4) is 0 Å². The summed E-state index contributed by atoms with van der Waals surface area (Å²) in [5.74, 6) is 1.10. The molecule has 1 aromatic rings. The number of nitrogens with one attached hydrogen (secondary N) is 1. The van der Waals surface area contributed by atoms with Crippen molar-refractivity contribution in [1.29, 1.82) is 0 Å². The van der Waals surface area contributed by atoms with Gasteiger partial charge in [-0.05, 0) is 62.2 Å². The molecule has 1 N–H and O–H groups in total. The highest BCUT2D eigenvalue weighted by Gasteiger charge is 2.20. The van der Waals surface area contributed by atoms with Gasteiger partial charge in [-0.1, -0.05) is 11.8 Å². The van der Waals surface area contributed by atoms with Crippen molar-refractivity contribution in [3.05, 3.63) is 0 Å². The Bertz CT molecular complexity index is 399. The monoisotopic (exact) mass is 296 g/mol. The van der Waals surface area contributed by atoms with E-state index in [1.807, 2.05) is 4.68 Å². The Morgan fingerprint density at radius 2 is 2.05 bits per heavy atom. The van der Waals surface area contributed by atoms with E-state index in [1.54, 1.807) is 11.8 Å². The highest BCUT2D eigenvalue weighted by atomic mass is 32.2. The van der Waals surface area contributed by atoms with Crippen LogP contribution < -0.4 is 5.32 Å². The first-order chi connectivity index (χ1) is 9.92. The third-order valence-corrected chi connectivity index (χ3v) is 4.92. The summed E-state index contributed by atoms with van der Waals surface area (Å²) in [6.07, 6.45) is 6.62. The third-order valence-electron chi connectivity index (χ3n) is 3.88. The van der Waals surface area contributed by atoms with E-state index in [0.29, 0.717) is 0 Å². The zero-order chi connectivity index (χ0) is 13.6. The van der Waals surface area contributed by atoms with Crippen LogP contribution in [-0.4, -0.2) is 63.1 Å². The fourth-order valence-electron chi connectivity index (χ4n) is 2.56. The van der Waals surface area contributed by atoms with Crippen LogP contribution in [0.15, 0.2) is 5.16 Å². The lowest BCUT2D eigenvalue weighted by Gasteiger charge is -2.13. The molecule has 0 unspecified atom stereocenters. The smallest absolute Gasteiger partial charge is 0.209 e. The summed E-state index contributed by atoms with van der Waals surface area (Å²) in [6.45, 7) is 5.64. The molecule has 2 heterocycles. The molecule has 0 bridgehead atoms. The molecule has 0 spiro atoms. The summed E-state index contributed by atoms with van der Waals surface area (Å²) in [4.78, 5) is 2.56. The molecule has 6 nitrogen and oxygen atoms in total. The Hall–Kier alpha value is -0.660. The van der Waals surface area contributed by atoms with E-state index < -0.39 is 0 Å². The molecular weight excluding hydrogens is 272 g/mol. The summed E-state index contributed by atoms with van der Waals surface area (Å²) >= 11 is 1.78. The zero-order valence-corrected chi connectivity index (χ0v) is 12.8. The van der Waals surface area contributed by atoms with Gasteiger partial charge in [0.1, 0.15) is 0 Å². The van der Waals surface area contributed by atoms with Crippen LogP contribution in [0.1, 0.15) is 32.1 Å². The normalized spacial score (nSPS) is 19.8. The van der Waals surface area contributed by atoms with Gasteiger partial charge in [0.15, 0.2) is 0 Å². The van der Waals surface area contributed by atoms with Crippen molar-refractivity contribution in [2.75, 3.05) is 31.9 Å². The minimum absolute atomic E-state index is 0.753.